The Morgan fingerprint density at radius 3 is 2.33 bits per heavy atom. The molecule has 0 aromatic heterocycles. The number of hydrogen-bond donors (Lipinski definition) is 0. The van der Waals surface area contributed by atoms with Gasteiger partial charge >= 0.3 is 0 Å². The van der Waals surface area contributed by atoms with E-state index in [0.29, 0.717) is 6.42 Å². The van der Waals surface area contributed by atoms with Crippen LogP contribution in [-0.4, -0.2) is 20.5 Å². The smallest absolute Gasteiger partial charge is 0.135 e. The van der Waals surface area contributed by atoms with E-state index in [-0.39, 0.29) is 0 Å². The maximum atomic E-state index is 9.17. The van der Waals surface area contributed by atoms with E-state index in [0.717, 1.165) is 21.4 Å². The van der Waals surface area contributed by atoms with Crippen LogP contribution in [0.15, 0.2) is 18.2 Å². The van der Waals surface area contributed by atoms with Crippen molar-refractivity contribution in [3.05, 3.63) is 21.8 Å². The SMILES string of the molecule is CCC=O.COc1ccc(I)c(OC)c1. The van der Waals surface area contributed by atoms with Crippen molar-refractivity contribution in [3.63, 3.8) is 0 Å². The minimum Gasteiger partial charge on any atom is -0.497 e. The molecule has 0 fully saturated rings. The summed E-state index contributed by atoms with van der Waals surface area (Å²) in [5, 5.41) is 0. The van der Waals surface area contributed by atoms with Crippen molar-refractivity contribution in [3.8, 4) is 11.5 Å². The number of halogens is 1. The van der Waals surface area contributed by atoms with Crippen LogP contribution in [0, 0.1) is 3.57 Å². The van der Waals surface area contributed by atoms with Gasteiger partial charge in [-0.15, -0.1) is 0 Å². The molecule has 3 nitrogen and oxygen atoms in total. The number of benzene rings is 1. The number of rotatable bonds is 3. The molecule has 1 aromatic rings. The Morgan fingerprint density at radius 1 is 1.33 bits per heavy atom. The molecule has 84 valence electrons. The van der Waals surface area contributed by atoms with Crippen LogP contribution in [-0.2, 0) is 4.79 Å². The molecule has 0 radical (unpaired) electrons. The molecule has 1 aromatic carbocycles. The van der Waals surface area contributed by atoms with E-state index < -0.39 is 0 Å². The third kappa shape index (κ3) is 5.61. The molecule has 0 atom stereocenters. The molecule has 0 saturated carbocycles. The molecular weight excluding hydrogens is 307 g/mol. The predicted molar refractivity (Wildman–Crippen MR) is 68.6 cm³/mol. The first kappa shape index (κ1) is 14.2. The molecule has 0 aliphatic heterocycles. The molecule has 4 heteroatoms. The molecular formula is C11H15IO3. The Labute approximate surface area is 104 Å². The van der Waals surface area contributed by atoms with Crippen molar-refractivity contribution in [2.45, 2.75) is 13.3 Å². The molecule has 0 aliphatic carbocycles. The lowest BCUT2D eigenvalue weighted by Gasteiger charge is -2.04. The molecule has 0 N–H and O–H groups in total. The maximum Gasteiger partial charge on any atom is 0.135 e. The zero-order valence-electron chi connectivity index (χ0n) is 9.12. The molecule has 0 amide bonds. The highest BCUT2D eigenvalue weighted by Crippen LogP contribution is 2.25. The lowest BCUT2D eigenvalue weighted by atomic mass is 10.3. The van der Waals surface area contributed by atoms with Crippen LogP contribution >= 0.6 is 22.6 Å². The Morgan fingerprint density at radius 2 is 1.93 bits per heavy atom. The van der Waals surface area contributed by atoms with Gasteiger partial charge in [0, 0.05) is 12.5 Å². The summed E-state index contributed by atoms with van der Waals surface area (Å²) in [6.45, 7) is 1.81. The first-order valence-corrected chi connectivity index (χ1v) is 5.58. The third-order valence-corrected chi connectivity index (χ3v) is 2.42. The Kier molecular flexibility index (Phi) is 8.08. The number of hydrogen-bond acceptors (Lipinski definition) is 3. The van der Waals surface area contributed by atoms with Gasteiger partial charge in [-0.05, 0) is 34.7 Å². The number of methoxy groups -OCH3 is 2. The second-order valence-electron chi connectivity index (χ2n) is 2.58. The first-order valence-electron chi connectivity index (χ1n) is 4.50. The molecule has 1 rings (SSSR count). The van der Waals surface area contributed by atoms with Crippen molar-refractivity contribution < 1.29 is 14.3 Å². The standard InChI is InChI=1S/C8H9IO2.C3H6O/c1-10-6-3-4-7(9)8(5-6)11-2;1-2-3-4/h3-5H,1-2H3;3H,2H2,1H3. The van der Waals surface area contributed by atoms with Crippen molar-refractivity contribution in [2.24, 2.45) is 0 Å². The van der Waals surface area contributed by atoms with E-state index in [1.165, 1.54) is 0 Å². The number of ether oxygens (including phenoxy) is 2. The van der Waals surface area contributed by atoms with Gasteiger partial charge in [-0.25, -0.2) is 0 Å². The minimum atomic E-state index is 0.639. The first-order chi connectivity index (χ1) is 7.19. The summed E-state index contributed by atoms with van der Waals surface area (Å²) in [5.74, 6) is 1.67. The van der Waals surface area contributed by atoms with Gasteiger partial charge in [-0.2, -0.15) is 0 Å². The Hall–Kier alpha value is -0.780. The normalized spacial score (nSPS) is 8.53. The van der Waals surface area contributed by atoms with E-state index in [1.54, 1.807) is 14.2 Å². The highest BCUT2D eigenvalue weighted by Gasteiger charge is 1.99. The van der Waals surface area contributed by atoms with Crippen molar-refractivity contribution in [1.82, 2.24) is 0 Å². The Balaban J connectivity index is 0.000000423. The van der Waals surface area contributed by atoms with Crippen LogP contribution in [0.3, 0.4) is 0 Å². The summed E-state index contributed by atoms with van der Waals surface area (Å²) in [6, 6.07) is 5.73. The van der Waals surface area contributed by atoms with E-state index in [2.05, 4.69) is 22.6 Å². The second kappa shape index (κ2) is 8.52. The second-order valence-corrected chi connectivity index (χ2v) is 3.74. The van der Waals surface area contributed by atoms with E-state index in [1.807, 2.05) is 25.1 Å². The van der Waals surface area contributed by atoms with Gasteiger partial charge in [0.15, 0.2) is 0 Å². The van der Waals surface area contributed by atoms with Gasteiger partial charge < -0.3 is 14.3 Å². The number of carbonyl (C=O) groups excluding carboxylic acids is 1. The molecule has 0 bridgehead atoms. The summed E-state index contributed by atoms with van der Waals surface area (Å²) < 4.78 is 11.2. The predicted octanol–water partition coefficient (Wildman–Crippen LogP) is 2.90. The fraction of sp³-hybridized carbons (Fsp3) is 0.364. The summed E-state index contributed by atoms with van der Waals surface area (Å²) in [6.07, 6.45) is 1.51. The Bertz CT molecular complexity index is 300. The van der Waals surface area contributed by atoms with E-state index in [9.17, 15) is 4.79 Å². The summed E-state index contributed by atoms with van der Waals surface area (Å²) >= 11 is 2.21. The largest absolute Gasteiger partial charge is 0.497 e. The van der Waals surface area contributed by atoms with Crippen LogP contribution in [0.1, 0.15) is 13.3 Å². The van der Waals surface area contributed by atoms with Crippen LogP contribution < -0.4 is 9.47 Å². The summed E-state index contributed by atoms with van der Waals surface area (Å²) in [7, 11) is 3.29. The highest BCUT2D eigenvalue weighted by molar-refractivity contribution is 14.1. The zero-order valence-corrected chi connectivity index (χ0v) is 11.3. The van der Waals surface area contributed by atoms with Gasteiger partial charge in [0.25, 0.3) is 0 Å². The average Bonchev–Trinajstić information content (AvgIpc) is 2.30. The molecule has 0 unspecified atom stereocenters. The lowest BCUT2D eigenvalue weighted by Crippen LogP contribution is -1.88. The summed E-state index contributed by atoms with van der Waals surface area (Å²) in [5.41, 5.74) is 0. The fourth-order valence-corrected chi connectivity index (χ4v) is 1.32. The van der Waals surface area contributed by atoms with Gasteiger partial charge in [-0.3, -0.25) is 0 Å². The minimum absolute atomic E-state index is 0.639. The monoisotopic (exact) mass is 322 g/mol. The average molecular weight is 322 g/mol. The van der Waals surface area contributed by atoms with Gasteiger partial charge in [-0.1, -0.05) is 6.92 Å². The van der Waals surface area contributed by atoms with Crippen LogP contribution in [0.5, 0.6) is 11.5 Å². The fourth-order valence-electron chi connectivity index (χ4n) is 0.767. The lowest BCUT2D eigenvalue weighted by molar-refractivity contribution is -0.107. The molecule has 0 spiro atoms. The molecule has 0 aliphatic rings. The number of carbonyl (C=O) groups is 1. The molecule has 0 saturated heterocycles. The van der Waals surface area contributed by atoms with E-state index >= 15 is 0 Å². The quantitative estimate of drug-likeness (QED) is 0.634. The van der Waals surface area contributed by atoms with Gasteiger partial charge in [0.2, 0.25) is 0 Å². The van der Waals surface area contributed by atoms with Crippen molar-refractivity contribution in [1.29, 1.82) is 0 Å². The molecule has 15 heavy (non-hydrogen) atoms. The molecule has 0 heterocycles. The van der Waals surface area contributed by atoms with Crippen LogP contribution in [0.4, 0.5) is 0 Å². The number of aldehydes is 1. The van der Waals surface area contributed by atoms with Crippen LogP contribution in [0.25, 0.3) is 0 Å². The zero-order chi connectivity index (χ0) is 11.7. The van der Waals surface area contributed by atoms with Gasteiger partial charge in [0.1, 0.15) is 17.8 Å². The van der Waals surface area contributed by atoms with Gasteiger partial charge in [0.05, 0.1) is 17.8 Å². The van der Waals surface area contributed by atoms with Crippen molar-refractivity contribution in [2.75, 3.05) is 14.2 Å². The van der Waals surface area contributed by atoms with E-state index in [4.69, 9.17) is 9.47 Å². The van der Waals surface area contributed by atoms with Crippen molar-refractivity contribution >= 4 is 28.9 Å². The highest BCUT2D eigenvalue weighted by atomic mass is 127. The maximum absolute atomic E-state index is 9.17. The van der Waals surface area contributed by atoms with Crippen LogP contribution in [0.2, 0.25) is 0 Å². The third-order valence-electron chi connectivity index (χ3n) is 1.52. The topological polar surface area (TPSA) is 35.5 Å². The summed E-state index contributed by atoms with van der Waals surface area (Å²) in [4.78, 5) is 9.17.